The molecule has 0 amide bonds. The average molecular weight is 302 g/mol. The number of anilines is 2. The number of rotatable bonds is 4. The van der Waals surface area contributed by atoms with E-state index in [1.807, 2.05) is 0 Å². The fourth-order valence-corrected chi connectivity index (χ4v) is 3.45. The quantitative estimate of drug-likeness (QED) is 0.849. The van der Waals surface area contributed by atoms with Crippen molar-refractivity contribution in [2.24, 2.45) is 11.8 Å². The summed E-state index contributed by atoms with van der Waals surface area (Å²) in [4.78, 5) is 4.45. The van der Waals surface area contributed by atoms with Gasteiger partial charge in [-0.2, -0.15) is 0 Å². The first kappa shape index (κ1) is 14.7. The van der Waals surface area contributed by atoms with Gasteiger partial charge in [-0.25, -0.2) is 4.98 Å². The zero-order chi connectivity index (χ0) is 14.0. The molecule has 19 heavy (non-hydrogen) atoms. The van der Waals surface area contributed by atoms with Crippen LogP contribution in [0.5, 0.6) is 0 Å². The van der Waals surface area contributed by atoms with E-state index in [0.717, 1.165) is 11.7 Å². The van der Waals surface area contributed by atoms with Crippen LogP contribution in [0, 0.1) is 11.8 Å². The predicted molar refractivity (Wildman–Crippen MR) is 83.4 cm³/mol. The lowest BCUT2D eigenvalue weighted by Crippen LogP contribution is -2.25. The van der Waals surface area contributed by atoms with Crippen LogP contribution in [-0.2, 0) is 0 Å². The van der Waals surface area contributed by atoms with Crippen molar-refractivity contribution in [3.05, 3.63) is 16.1 Å². The number of nitrogens with zero attached hydrogens (tertiary/aromatic N) is 1. The second-order valence-corrected chi connectivity index (χ2v) is 6.07. The maximum Gasteiger partial charge on any atom is 0.147 e. The Morgan fingerprint density at radius 3 is 2.53 bits per heavy atom. The lowest BCUT2D eigenvalue weighted by Gasteiger charge is -2.22. The summed E-state index contributed by atoms with van der Waals surface area (Å²) < 4.78 is 0. The molecule has 0 spiro atoms. The zero-order valence-electron chi connectivity index (χ0n) is 11.6. The Morgan fingerprint density at radius 1 is 1.26 bits per heavy atom. The fourth-order valence-electron chi connectivity index (χ4n) is 2.95. The monoisotopic (exact) mass is 301 g/mol. The van der Waals surface area contributed by atoms with Crippen LogP contribution in [-0.4, -0.2) is 18.1 Å². The van der Waals surface area contributed by atoms with Crippen LogP contribution < -0.4 is 10.6 Å². The van der Waals surface area contributed by atoms with Gasteiger partial charge in [-0.3, -0.25) is 0 Å². The van der Waals surface area contributed by atoms with E-state index in [0.29, 0.717) is 27.8 Å². The summed E-state index contributed by atoms with van der Waals surface area (Å²) >= 11 is 12.3. The van der Waals surface area contributed by atoms with Crippen LogP contribution in [0.2, 0.25) is 10.0 Å². The normalized spacial score (nSPS) is 26.5. The van der Waals surface area contributed by atoms with Gasteiger partial charge in [0, 0.05) is 13.1 Å². The summed E-state index contributed by atoms with van der Waals surface area (Å²) in [5, 5.41) is 7.59. The molecule has 3 unspecified atom stereocenters. The maximum atomic E-state index is 6.22. The molecule has 1 aromatic rings. The molecular weight excluding hydrogens is 281 g/mol. The van der Waals surface area contributed by atoms with E-state index in [2.05, 4.69) is 29.5 Å². The second-order valence-electron chi connectivity index (χ2n) is 5.25. The molecule has 0 saturated heterocycles. The molecule has 5 heteroatoms. The summed E-state index contributed by atoms with van der Waals surface area (Å²) in [7, 11) is 1.80. The lowest BCUT2D eigenvalue weighted by atomic mass is 9.93. The number of halogens is 2. The Hall–Kier alpha value is -0.670. The molecule has 0 bridgehead atoms. The second kappa shape index (κ2) is 6.19. The summed E-state index contributed by atoms with van der Waals surface area (Å²) in [5.41, 5.74) is 0. The molecule has 2 rings (SSSR count). The Bertz CT molecular complexity index is 451. The van der Waals surface area contributed by atoms with Gasteiger partial charge >= 0.3 is 0 Å². The molecule has 3 atom stereocenters. The smallest absolute Gasteiger partial charge is 0.147 e. The van der Waals surface area contributed by atoms with Crippen molar-refractivity contribution in [1.82, 2.24) is 4.98 Å². The predicted octanol–water partition coefficient (Wildman–Crippen LogP) is 4.67. The Balaban J connectivity index is 2.15. The third-order valence-electron chi connectivity index (χ3n) is 4.24. The van der Waals surface area contributed by atoms with E-state index < -0.39 is 0 Å². The van der Waals surface area contributed by atoms with Gasteiger partial charge in [0.15, 0.2) is 0 Å². The SMILES string of the molecule is CCC1CCC(Nc2nc(NC)c(Cl)cc2Cl)C1C. The molecule has 1 aliphatic carbocycles. The molecule has 0 radical (unpaired) electrons. The molecule has 0 aromatic carbocycles. The number of pyridine rings is 1. The van der Waals surface area contributed by atoms with Gasteiger partial charge in [-0.1, -0.05) is 43.5 Å². The largest absolute Gasteiger partial charge is 0.372 e. The highest BCUT2D eigenvalue weighted by Gasteiger charge is 2.32. The van der Waals surface area contributed by atoms with Crippen LogP contribution in [0.4, 0.5) is 11.6 Å². The molecular formula is C14H21Cl2N3. The standard InChI is InChI=1S/C14H21Cl2N3/c1-4-9-5-6-12(8(9)2)18-14-11(16)7-10(15)13(17-3)19-14/h7-9,12H,4-6H2,1-3H3,(H2,17,18,19). The first-order chi connectivity index (χ1) is 9.06. The third kappa shape index (κ3) is 3.09. The molecule has 1 fully saturated rings. The number of hydrogen-bond acceptors (Lipinski definition) is 3. The number of hydrogen-bond donors (Lipinski definition) is 2. The minimum Gasteiger partial charge on any atom is -0.372 e. The zero-order valence-corrected chi connectivity index (χ0v) is 13.1. The van der Waals surface area contributed by atoms with Gasteiger partial charge in [-0.05, 0) is 30.7 Å². The molecule has 1 aromatic heterocycles. The van der Waals surface area contributed by atoms with Gasteiger partial charge in [0.1, 0.15) is 11.6 Å². The number of nitrogens with one attached hydrogen (secondary N) is 2. The van der Waals surface area contributed by atoms with Gasteiger partial charge in [-0.15, -0.1) is 0 Å². The lowest BCUT2D eigenvalue weighted by molar-refractivity contribution is 0.391. The summed E-state index contributed by atoms with van der Waals surface area (Å²) in [6.07, 6.45) is 3.69. The minimum absolute atomic E-state index is 0.445. The summed E-state index contributed by atoms with van der Waals surface area (Å²) in [6, 6.07) is 2.18. The van der Waals surface area contributed by atoms with E-state index in [1.54, 1.807) is 13.1 Å². The highest BCUT2D eigenvalue weighted by molar-refractivity contribution is 6.37. The molecule has 106 valence electrons. The van der Waals surface area contributed by atoms with Gasteiger partial charge < -0.3 is 10.6 Å². The molecule has 0 aliphatic heterocycles. The van der Waals surface area contributed by atoms with Crippen molar-refractivity contribution < 1.29 is 0 Å². The van der Waals surface area contributed by atoms with E-state index in [9.17, 15) is 0 Å². The van der Waals surface area contributed by atoms with E-state index in [4.69, 9.17) is 23.2 Å². The Labute approximate surface area is 125 Å². The van der Waals surface area contributed by atoms with Gasteiger partial charge in [0.05, 0.1) is 10.0 Å². The van der Waals surface area contributed by atoms with Crippen LogP contribution in [0.1, 0.15) is 33.1 Å². The highest BCUT2D eigenvalue weighted by Crippen LogP contribution is 2.37. The molecule has 1 saturated carbocycles. The fraction of sp³-hybridized carbons (Fsp3) is 0.643. The number of aromatic nitrogens is 1. The van der Waals surface area contributed by atoms with Crippen LogP contribution in [0.3, 0.4) is 0 Å². The van der Waals surface area contributed by atoms with Crippen LogP contribution >= 0.6 is 23.2 Å². The van der Waals surface area contributed by atoms with Crippen molar-refractivity contribution in [3.8, 4) is 0 Å². The van der Waals surface area contributed by atoms with Crippen molar-refractivity contribution in [1.29, 1.82) is 0 Å². The van der Waals surface area contributed by atoms with E-state index in [1.165, 1.54) is 19.3 Å². The van der Waals surface area contributed by atoms with Crippen molar-refractivity contribution in [2.75, 3.05) is 17.7 Å². The van der Waals surface area contributed by atoms with Crippen LogP contribution in [0.25, 0.3) is 0 Å². The summed E-state index contributed by atoms with van der Waals surface area (Å²) in [5.74, 6) is 2.83. The molecule has 2 N–H and O–H groups in total. The minimum atomic E-state index is 0.445. The molecule has 3 nitrogen and oxygen atoms in total. The van der Waals surface area contributed by atoms with Gasteiger partial charge in [0.25, 0.3) is 0 Å². The maximum absolute atomic E-state index is 6.22. The summed E-state index contributed by atoms with van der Waals surface area (Å²) in [6.45, 7) is 4.57. The first-order valence-electron chi connectivity index (χ1n) is 6.87. The van der Waals surface area contributed by atoms with Crippen molar-refractivity contribution in [3.63, 3.8) is 0 Å². The molecule has 1 aliphatic rings. The highest BCUT2D eigenvalue weighted by atomic mass is 35.5. The Kier molecular flexibility index (Phi) is 4.80. The third-order valence-corrected chi connectivity index (χ3v) is 4.82. The van der Waals surface area contributed by atoms with Crippen molar-refractivity contribution >= 4 is 34.8 Å². The van der Waals surface area contributed by atoms with Crippen LogP contribution in [0.15, 0.2) is 6.07 Å². The Morgan fingerprint density at radius 2 is 1.95 bits per heavy atom. The van der Waals surface area contributed by atoms with Gasteiger partial charge in [0.2, 0.25) is 0 Å². The van der Waals surface area contributed by atoms with E-state index >= 15 is 0 Å². The molecule has 1 heterocycles. The average Bonchev–Trinajstić information content (AvgIpc) is 2.73. The van der Waals surface area contributed by atoms with Crippen molar-refractivity contribution in [2.45, 2.75) is 39.2 Å². The topological polar surface area (TPSA) is 37.0 Å². The first-order valence-corrected chi connectivity index (χ1v) is 7.62. The van der Waals surface area contributed by atoms with E-state index in [-0.39, 0.29) is 0 Å².